The summed E-state index contributed by atoms with van der Waals surface area (Å²) in [4.78, 5) is 24.1. The molecule has 2 saturated heterocycles. The van der Waals surface area contributed by atoms with Crippen molar-refractivity contribution in [1.29, 1.82) is 0 Å². The van der Waals surface area contributed by atoms with Crippen LogP contribution in [-0.4, -0.2) is 42.9 Å². The number of fused-ring (bicyclic) bond motifs is 2. The minimum atomic E-state index is -4.52. The van der Waals surface area contributed by atoms with Gasteiger partial charge in [-0.1, -0.05) is 36.9 Å². The summed E-state index contributed by atoms with van der Waals surface area (Å²) in [6.07, 6.45) is 2.95. The highest BCUT2D eigenvalue weighted by molar-refractivity contribution is 5.87. The van der Waals surface area contributed by atoms with Gasteiger partial charge in [-0.2, -0.15) is 13.2 Å². The molecule has 2 aromatic carbocycles. The Morgan fingerprint density at radius 3 is 2.49 bits per heavy atom. The van der Waals surface area contributed by atoms with Crippen LogP contribution >= 0.6 is 0 Å². The molecule has 3 atom stereocenters. The molecule has 222 valence electrons. The topological polar surface area (TPSA) is 96.8 Å². The van der Waals surface area contributed by atoms with E-state index in [-0.39, 0.29) is 29.3 Å². The van der Waals surface area contributed by atoms with Gasteiger partial charge in [0.1, 0.15) is 28.5 Å². The van der Waals surface area contributed by atoms with Crippen LogP contribution < -0.4 is 5.73 Å². The number of hydrogen-bond donors (Lipinski definition) is 2. The van der Waals surface area contributed by atoms with E-state index in [1.54, 1.807) is 12.3 Å². The van der Waals surface area contributed by atoms with Crippen molar-refractivity contribution in [2.24, 2.45) is 0 Å². The van der Waals surface area contributed by atoms with E-state index < -0.39 is 17.3 Å². The monoisotopic (exact) mass is 587 g/mol. The lowest BCUT2D eigenvalue weighted by atomic mass is 9.84. The fourth-order valence-corrected chi connectivity index (χ4v) is 6.84. The predicted octanol–water partition coefficient (Wildman–Crippen LogP) is 6.17. The number of alkyl halides is 3. The summed E-state index contributed by atoms with van der Waals surface area (Å²) in [6.45, 7) is 6.18. The molecule has 0 bridgehead atoms. The Balaban J connectivity index is 1.31. The Bertz CT molecular complexity index is 1790. The molecule has 7 rings (SSSR count). The normalized spacial score (nSPS) is 22.2. The van der Waals surface area contributed by atoms with Crippen molar-refractivity contribution < 1.29 is 23.1 Å². The van der Waals surface area contributed by atoms with Crippen LogP contribution in [0.1, 0.15) is 78.9 Å². The van der Waals surface area contributed by atoms with Crippen LogP contribution in [-0.2, 0) is 16.6 Å². The summed E-state index contributed by atoms with van der Waals surface area (Å²) in [7, 11) is 0. The zero-order valence-electron chi connectivity index (χ0n) is 23.7. The third-order valence-corrected chi connectivity index (χ3v) is 9.37. The Kier molecular flexibility index (Phi) is 6.22. The number of carbonyl (C=O) groups excluding carboxylic acids is 1. The lowest BCUT2D eigenvalue weighted by Crippen LogP contribution is -2.41. The number of amides is 1. The molecule has 4 aromatic rings. The summed E-state index contributed by atoms with van der Waals surface area (Å²) in [5.41, 5.74) is 8.79. The lowest BCUT2D eigenvalue weighted by molar-refractivity contribution is -0.137. The Hall–Kier alpha value is -4.18. The van der Waals surface area contributed by atoms with Crippen molar-refractivity contribution in [2.75, 3.05) is 12.3 Å². The van der Waals surface area contributed by atoms with E-state index in [4.69, 9.17) is 10.7 Å². The van der Waals surface area contributed by atoms with Crippen LogP contribution in [0.25, 0.3) is 16.8 Å². The summed E-state index contributed by atoms with van der Waals surface area (Å²) in [5, 5.41) is 11.6. The summed E-state index contributed by atoms with van der Waals surface area (Å²) >= 11 is 0. The molecule has 43 heavy (non-hydrogen) atoms. The van der Waals surface area contributed by atoms with Crippen LogP contribution in [0, 0.1) is 0 Å². The maximum atomic E-state index is 13.4. The second-order valence-electron chi connectivity index (χ2n) is 12.2. The SMILES string of the molecule is C=C1CC(=O)N2C[C@H](c3nc(-c4ccc(C(C)(O)c5cccc(C(F)(F)F)c5)cc4C4CC4)c4c(N)nccn34)CC[C@@H]12. The van der Waals surface area contributed by atoms with Crippen LogP contribution in [0.2, 0.25) is 0 Å². The van der Waals surface area contributed by atoms with E-state index in [9.17, 15) is 23.1 Å². The van der Waals surface area contributed by atoms with Crippen molar-refractivity contribution in [3.8, 4) is 11.3 Å². The zero-order valence-corrected chi connectivity index (χ0v) is 23.7. The molecule has 1 aliphatic carbocycles. The molecular formula is C33H32F3N5O2. The Labute approximate surface area is 246 Å². The number of benzene rings is 2. The molecular weight excluding hydrogens is 555 g/mol. The predicted molar refractivity (Wildman–Crippen MR) is 156 cm³/mol. The molecule has 2 aromatic heterocycles. The van der Waals surface area contributed by atoms with Crippen molar-refractivity contribution in [3.63, 3.8) is 0 Å². The quantitative estimate of drug-likeness (QED) is 0.273. The maximum absolute atomic E-state index is 13.4. The van der Waals surface area contributed by atoms with Gasteiger partial charge in [0.25, 0.3) is 0 Å². The van der Waals surface area contributed by atoms with Gasteiger partial charge in [-0.15, -0.1) is 0 Å². The van der Waals surface area contributed by atoms with Crippen LogP contribution in [0.5, 0.6) is 0 Å². The molecule has 3 N–H and O–H groups in total. The number of nitrogens with zero attached hydrogens (tertiary/aromatic N) is 4. The van der Waals surface area contributed by atoms with E-state index in [0.717, 1.165) is 60.3 Å². The number of hydrogen-bond acceptors (Lipinski definition) is 5. The van der Waals surface area contributed by atoms with Gasteiger partial charge in [0, 0.05) is 36.8 Å². The number of anilines is 1. The second-order valence-corrected chi connectivity index (χ2v) is 12.2. The lowest BCUT2D eigenvalue weighted by Gasteiger charge is -2.34. The molecule has 0 spiro atoms. The Morgan fingerprint density at radius 1 is 1.02 bits per heavy atom. The standard InChI is InChI=1S/C33H32F3N5O2/c1-18-14-27(42)41-17-20(8-11-26(18)41)31-39-28(29-30(37)38-12-13-40(29)31)24-10-9-22(16-25(24)19-6-7-19)32(2,43)21-4-3-5-23(15-21)33(34,35)36/h3-5,9-10,12-13,15-16,19-20,26,43H,1,6-8,11,14,17H2,2H3,(H2,37,38)/t20-,26+,32?/m1/s1. The van der Waals surface area contributed by atoms with E-state index in [1.165, 1.54) is 19.1 Å². The average molecular weight is 588 g/mol. The van der Waals surface area contributed by atoms with Crippen LogP contribution in [0.3, 0.4) is 0 Å². The minimum absolute atomic E-state index is 0.000518. The number of halogens is 3. The molecule has 1 unspecified atom stereocenters. The smallest absolute Gasteiger partial charge is 0.382 e. The molecule has 7 nitrogen and oxygen atoms in total. The molecule has 2 aliphatic heterocycles. The number of carbonyl (C=O) groups is 1. The van der Waals surface area contributed by atoms with Gasteiger partial charge in [0.2, 0.25) is 5.91 Å². The molecule has 10 heteroatoms. The Morgan fingerprint density at radius 2 is 1.74 bits per heavy atom. The number of nitrogens with two attached hydrogens (primary N) is 1. The number of aliphatic hydroxyl groups is 1. The minimum Gasteiger partial charge on any atom is -0.382 e. The third kappa shape index (κ3) is 4.59. The first-order valence-corrected chi connectivity index (χ1v) is 14.6. The van der Waals surface area contributed by atoms with Gasteiger partial charge < -0.3 is 15.7 Å². The van der Waals surface area contributed by atoms with Crippen molar-refractivity contribution in [2.45, 2.75) is 68.7 Å². The van der Waals surface area contributed by atoms with Crippen LogP contribution in [0.15, 0.2) is 67.0 Å². The molecule has 3 fully saturated rings. The largest absolute Gasteiger partial charge is 0.416 e. The maximum Gasteiger partial charge on any atom is 0.416 e. The fourth-order valence-electron chi connectivity index (χ4n) is 6.84. The molecule has 1 amide bonds. The van der Waals surface area contributed by atoms with Gasteiger partial charge in [-0.25, -0.2) is 9.97 Å². The first-order chi connectivity index (χ1) is 20.4. The highest BCUT2D eigenvalue weighted by Crippen LogP contribution is 2.48. The first-order valence-electron chi connectivity index (χ1n) is 14.6. The highest BCUT2D eigenvalue weighted by Gasteiger charge is 2.41. The van der Waals surface area contributed by atoms with Gasteiger partial charge >= 0.3 is 6.18 Å². The number of aromatic nitrogens is 3. The van der Waals surface area contributed by atoms with E-state index in [2.05, 4.69) is 11.6 Å². The van der Waals surface area contributed by atoms with Gasteiger partial charge in [0.15, 0.2) is 0 Å². The second kappa shape index (κ2) is 9.67. The van der Waals surface area contributed by atoms with Gasteiger partial charge in [-0.3, -0.25) is 9.20 Å². The van der Waals surface area contributed by atoms with E-state index in [0.29, 0.717) is 35.6 Å². The molecule has 0 radical (unpaired) electrons. The van der Waals surface area contributed by atoms with Crippen molar-refractivity contribution in [1.82, 2.24) is 19.3 Å². The van der Waals surface area contributed by atoms with E-state index >= 15 is 0 Å². The summed E-state index contributed by atoms with van der Waals surface area (Å²) < 4.78 is 42.3. The first kappa shape index (κ1) is 27.6. The summed E-state index contributed by atoms with van der Waals surface area (Å²) in [6, 6.07) is 10.4. The zero-order chi connectivity index (χ0) is 30.3. The number of rotatable bonds is 5. The third-order valence-electron chi connectivity index (χ3n) is 9.37. The number of imidazole rings is 1. The van der Waals surface area contributed by atoms with E-state index in [1.807, 2.05) is 27.6 Å². The van der Waals surface area contributed by atoms with Gasteiger partial charge in [0.05, 0.1) is 11.6 Å². The average Bonchev–Trinajstić information content (AvgIpc) is 3.70. The van der Waals surface area contributed by atoms with Gasteiger partial charge in [-0.05, 0) is 72.9 Å². The molecule has 4 heterocycles. The molecule has 1 saturated carbocycles. The van der Waals surface area contributed by atoms with Crippen LogP contribution in [0.4, 0.5) is 19.0 Å². The number of nitrogen functional groups attached to an aromatic ring is 1. The van der Waals surface area contributed by atoms with Crippen molar-refractivity contribution >= 4 is 17.2 Å². The molecule has 3 aliphatic rings. The number of piperidine rings is 1. The highest BCUT2D eigenvalue weighted by atomic mass is 19.4. The van der Waals surface area contributed by atoms with Crippen molar-refractivity contribution in [3.05, 3.63) is 95.1 Å². The fraction of sp³-hybridized carbons (Fsp3) is 0.364. The summed E-state index contributed by atoms with van der Waals surface area (Å²) in [5.74, 6) is 1.47.